The minimum absolute atomic E-state index is 0.00331. The van der Waals surface area contributed by atoms with Crippen LogP contribution in [0.5, 0.6) is 0 Å². The topological polar surface area (TPSA) is 48.4 Å². The summed E-state index contributed by atoms with van der Waals surface area (Å²) in [7, 11) is 1.34. The van der Waals surface area contributed by atoms with Crippen molar-refractivity contribution in [2.45, 2.75) is 6.42 Å². The fourth-order valence-electron chi connectivity index (χ4n) is 0.937. The minimum atomic E-state index is -0.356. The van der Waals surface area contributed by atoms with Crippen molar-refractivity contribution < 1.29 is 14.3 Å². The second-order valence-electron chi connectivity index (χ2n) is 2.70. The van der Waals surface area contributed by atoms with Gasteiger partial charge >= 0.3 is 5.97 Å². The maximum atomic E-state index is 10.7. The van der Waals surface area contributed by atoms with Gasteiger partial charge < -0.3 is 9.47 Å². The van der Waals surface area contributed by atoms with E-state index in [4.69, 9.17) is 4.74 Å². The largest absolute Gasteiger partial charge is 0.467 e. The Bertz CT molecular complexity index is 274. The van der Waals surface area contributed by atoms with Crippen molar-refractivity contribution in [1.29, 1.82) is 0 Å². The number of nitrogens with zero attached hydrogens (tertiary/aromatic N) is 1. The van der Waals surface area contributed by atoms with E-state index in [1.165, 1.54) is 7.11 Å². The molecule has 1 aromatic heterocycles. The molecule has 0 aliphatic carbocycles. The Morgan fingerprint density at radius 2 is 2.36 bits per heavy atom. The van der Waals surface area contributed by atoms with Gasteiger partial charge in [-0.25, -0.2) is 4.79 Å². The van der Waals surface area contributed by atoms with Gasteiger partial charge in [-0.15, -0.1) is 0 Å². The van der Waals surface area contributed by atoms with Gasteiger partial charge in [-0.2, -0.15) is 0 Å². The molecular formula is C10H13NO3. The normalized spacial score (nSPS) is 9.79. The van der Waals surface area contributed by atoms with Crippen LogP contribution >= 0.6 is 0 Å². The summed E-state index contributed by atoms with van der Waals surface area (Å²) in [5, 5.41) is 0. The SMILES string of the molecule is COC(=O)COCCc1ccccn1. The van der Waals surface area contributed by atoms with Gasteiger partial charge in [-0.05, 0) is 12.1 Å². The first kappa shape index (κ1) is 10.7. The van der Waals surface area contributed by atoms with Gasteiger partial charge in [0.25, 0.3) is 0 Å². The second-order valence-corrected chi connectivity index (χ2v) is 2.70. The Kier molecular flexibility index (Phi) is 4.64. The number of hydrogen-bond donors (Lipinski definition) is 0. The molecule has 1 rings (SSSR count). The van der Waals surface area contributed by atoms with Crippen LogP contribution in [-0.4, -0.2) is 31.3 Å². The highest BCUT2D eigenvalue weighted by Crippen LogP contribution is 1.94. The van der Waals surface area contributed by atoms with Gasteiger partial charge in [0.2, 0.25) is 0 Å². The lowest BCUT2D eigenvalue weighted by molar-refractivity contribution is -0.145. The van der Waals surface area contributed by atoms with Gasteiger partial charge in [-0.1, -0.05) is 6.07 Å². The number of aromatic nitrogens is 1. The van der Waals surface area contributed by atoms with Gasteiger partial charge in [0.1, 0.15) is 6.61 Å². The minimum Gasteiger partial charge on any atom is -0.467 e. The van der Waals surface area contributed by atoms with E-state index >= 15 is 0 Å². The average Bonchev–Trinajstić information content (AvgIpc) is 2.25. The van der Waals surface area contributed by atoms with E-state index in [9.17, 15) is 4.79 Å². The molecule has 14 heavy (non-hydrogen) atoms. The quantitative estimate of drug-likeness (QED) is 0.515. The van der Waals surface area contributed by atoms with E-state index in [1.54, 1.807) is 6.20 Å². The van der Waals surface area contributed by atoms with Crippen LogP contribution in [0.1, 0.15) is 5.69 Å². The van der Waals surface area contributed by atoms with Gasteiger partial charge in [0.05, 0.1) is 13.7 Å². The van der Waals surface area contributed by atoms with E-state index in [2.05, 4.69) is 9.72 Å². The molecule has 0 amide bonds. The summed E-state index contributed by atoms with van der Waals surface area (Å²) in [5.41, 5.74) is 0.956. The van der Waals surface area contributed by atoms with Crippen molar-refractivity contribution in [2.24, 2.45) is 0 Å². The molecule has 0 bridgehead atoms. The number of methoxy groups -OCH3 is 1. The Balaban J connectivity index is 2.13. The van der Waals surface area contributed by atoms with Crippen LogP contribution in [0.3, 0.4) is 0 Å². The Morgan fingerprint density at radius 3 is 3.00 bits per heavy atom. The van der Waals surface area contributed by atoms with Crippen molar-refractivity contribution in [3.63, 3.8) is 0 Å². The molecule has 1 aromatic rings. The third-order valence-electron chi connectivity index (χ3n) is 1.68. The van der Waals surface area contributed by atoms with Crippen LogP contribution in [0, 0.1) is 0 Å². The van der Waals surface area contributed by atoms with Gasteiger partial charge in [-0.3, -0.25) is 4.98 Å². The zero-order chi connectivity index (χ0) is 10.2. The van der Waals surface area contributed by atoms with E-state index in [1.807, 2.05) is 18.2 Å². The fraction of sp³-hybridized carbons (Fsp3) is 0.400. The third-order valence-corrected chi connectivity index (χ3v) is 1.68. The lowest BCUT2D eigenvalue weighted by Crippen LogP contribution is -2.12. The first-order valence-corrected chi connectivity index (χ1v) is 4.37. The summed E-state index contributed by atoms with van der Waals surface area (Å²) in [6, 6.07) is 5.70. The smallest absolute Gasteiger partial charge is 0.331 e. The van der Waals surface area contributed by atoms with Crippen molar-refractivity contribution in [3.05, 3.63) is 30.1 Å². The first-order valence-electron chi connectivity index (χ1n) is 4.37. The molecule has 76 valence electrons. The highest BCUT2D eigenvalue weighted by atomic mass is 16.6. The molecule has 0 N–H and O–H groups in total. The predicted octanol–water partition coefficient (Wildman–Crippen LogP) is 0.814. The number of carbonyl (C=O) groups excluding carboxylic acids is 1. The molecule has 0 fully saturated rings. The number of carbonyl (C=O) groups is 1. The summed E-state index contributed by atoms with van der Waals surface area (Å²) in [4.78, 5) is 14.8. The predicted molar refractivity (Wildman–Crippen MR) is 50.8 cm³/mol. The monoisotopic (exact) mass is 195 g/mol. The third kappa shape index (κ3) is 4.00. The molecule has 1 heterocycles. The molecule has 0 spiro atoms. The van der Waals surface area contributed by atoms with Gasteiger partial charge in [0.15, 0.2) is 0 Å². The Morgan fingerprint density at radius 1 is 1.50 bits per heavy atom. The van der Waals surface area contributed by atoms with Crippen LogP contribution in [0.25, 0.3) is 0 Å². The molecule has 0 aliphatic heterocycles. The summed E-state index contributed by atoms with van der Waals surface area (Å²) in [6.45, 7) is 0.482. The molecular weight excluding hydrogens is 182 g/mol. The van der Waals surface area contributed by atoms with E-state index in [-0.39, 0.29) is 12.6 Å². The maximum Gasteiger partial charge on any atom is 0.331 e. The highest BCUT2D eigenvalue weighted by molar-refractivity contribution is 5.70. The van der Waals surface area contributed by atoms with Crippen molar-refractivity contribution in [3.8, 4) is 0 Å². The molecule has 0 aliphatic rings. The Hall–Kier alpha value is -1.42. The van der Waals surface area contributed by atoms with Crippen molar-refractivity contribution >= 4 is 5.97 Å². The zero-order valence-corrected chi connectivity index (χ0v) is 8.10. The van der Waals surface area contributed by atoms with E-state index in [0.717, 1.165) is 5.69 Å². The van der Waals surface area contributed by atoms with Crippen molar-refractivity contribution in [2.75, 3.05) is 20.3 Å². The average molecular weight is 195 g/mol. The Labute approximate surface area is 82.9 Å². The molecule has 0 unspecified atom stereocenters. The first-order chi connectivity index (χ1) is 6.83. The van der Waals surface area contributed by atoms with E-state index < -0.39 is 0 Å². The second kappa shape index (κ2) is 6.10. The summed E-state index contributed by atoms with van der Waals surface area (Å²) in [6.07, 6.45) is 2.44. The highest BCUT2D eigenvalue weighted by Gasteiger charge is 1.99. The molecule has 4 heteroatoms. The molecule has 0 aromatic carbocycles. The molecule has 4 nitrogen and oxygen atoms in total. The number of rotatable bonds is 5. The molecule has 0 saturated carbocycles. The fourth-order valence-corrected chi connectivity index (χ4v) is 0.937. The van der Waals surface area contributed by atoms with Crippen molar-refractivity contribution in [1.82, 2.24) is 4.98 Å². The van der Waals surface area contributed by atoms with E-state index in [0.29, 0.717) is 13.0 Å². The van der Waals surface area contributed by atoms with Crippen LogP contribution in [0.15, 0.2) is 24.4 Å². The number of hydrogen-bond acceptors (Lipinski definition) is 4. The lowest BCUT2D eigenvalue weighted by atomic mass is 10.3. The van der Waals surface area contributed by atoms with Crippen LogP contribution in [0.2, 0.25) is 0 Å². The van der Waals surface area contributed by atoms with Gasteiger partial charge in [0, 0.05) is 18.3 Å². The molecule has 0 radical (unpaired) electrons. The zero-order valence-electron chi connectivity index (χ0n) is 8.10. The van der Waals surface area contributed by atoms with Crippen LogP contribution < -0.4 is 0 Å². The van der Waals surface area contributed by atoms with Crippen LogP contribution in [-0.2, 0) is 20.7 Å². The van der Waals surface area contributed by atoms with Crippen LogP contribution in [0.4, 0.5) is 0 Å². The summed E-state index contributed by atoms with van der Waals surface area (Å²) < 4.78 is 9.50. The molecule has 0 atom stereocenters. The summed E-state index contributed by atoms with van der Waals surface area (Å²) >= 11 is 0. The lowest BCUT2D eigenvalue weighted by Gasteiger charge is -2.01. The summed E-state index contributed by atoms with van der Waals surface area (Å²) in [5.74, 6) is -0.356. The standard InChI is InChI=1S/C10H13NO3/c1-13-10(12)8-14-7-5-9-4-2-3-6-11-9/h2-4,6H,5,7-8H2,1H3. The maximum absolute atomic E-state index is 10.7. The number of ether oxygens (including phenoxy) is 2. The number of esters is 1. The number of pyridine rings is 1. The molecule has 0 saturated heterocycles.